The molecule has 1 aliphatic rings. The minimum Gasteiger partial charge on any atom is -0.480 e. The van der Waals surface area contributed by atoms with Gasteiger partial charge in [0.25, 0.3) is 5.91 Å². The van der Waals surface area contributed by atoms with Gasteiger partial charge in [-0.15, -0.1) is 0 Å². The molecule has 1 aromatic carbocycles. The first-order chi connectivity index (χ1) is 13.5. The Bertz CT molecular complexity index is 774. The predicted molar refractivity (Wildman–Crippen MR) is 104 cm³/mol. The SMILES string of the molecule is CN(CC(=O)N1C[C@H](NC(=O)c2ccccc2)C[C@H]1C(=O)O)C(=O)OC(C)(C)C. The second-order valence-corrected chi connectivity index (χ2v) is 8.01. The number of carboxylic acid groups (broad SMARTS) is 1. The molecule has 0 aromatic heterocycles. The van der Waals surface area contributed by atoms with Crippen molar-refractivity contribution in [1.29, 1.82) is 0 Å². The summed E-state index contributed by atoms with van der Waals surface area (Å²) in [5.41, 5.74) is -0.257. The number of hydrogen-bond acceptors (Lipinski definition) is 5. The molecule has 9 nitrogen and oxygen atoms in total. The number of amides is 3. The van der Waals surface area contributed by atoms with Crippen molar-refractivity contribution in [3.63, 3.8) is 0 Å². The van der Waals surface area contributed by atoms with Crippen molar-refractivity contribution in [3.05, 3.63) is 35.9 Å². The summed E-state index contributed by atoms with van der Waals surface area (Å²) in [5.74, 6) is -2.02. The zero-order valence-corrected chi connectivity index (χ0v) is 17.0. The highest BCUT2D eigenvalue weighted by atomic mass is 16.6. The molecule has 2 atom stereocenters. The van der Waals surface area contributed by atoms with Crippen LogP contribution in [0.2, 0.25) is 0 Å². The van der Waals surface area contributed by atoms with E-state index in [9.17, 15) is 24.3 Å². The summed E-state index contributed by atoms with van der Waals surface area (Å²) >= 11 is 0. The number of hydrogen-bond donors (Lipinski definition) is 2. The molecule has 1 aliphatic heterocycles. The van der Waals surface area contributed by atoms with Gasteiger partial charge in [0.05, 0.1) is 0 Å². The fourth-order valence-corrected chi connectivity index (χ4v) is 3.01. The van der Waals surface area contributed by atoms with Crippen LogP contribution in [-0.4, -0.2) is 76.6 Å². The summed E-state index contributed by atoms with van der Waals surface area (Å²) in [4.78, 5) is 50.9. The zero-order valence-electron chi connectivity index (χ0n) is 17.0. The molecule has 1 heterocycles. The molecule has 0 bridgehead atoms. The number of carbonyl (C=O) groups is 4. The third-order valence-corrected chi connectivity index (χ3v) is 4.36. The maximum Gasteiger partial charge on any atom is 0.410 e. The highest BCUT2D eigenvalue weighted by Crippen LogP contribution is 2.20. The summed E-state index contributed by atoms with van der Waals surface area (Å²) in [6, 6.07) is 6.97. The van der Waals surface area contributed by atoms with Crippen molar-refractivity contribution in [2.24, 2.45) is 0 Å². The van der Waals surface area contributed by atoms with E-state index in [-0.39, 0.29) is 25.4 Å². The van der Waals surface area contributed by atoms with Gasteiger partial charge in [-0.3, -0.25) is 9.59 Å². The number of nitrogens with zero attached hydrogens (tertiary/aromatic N) is 2. The number of nitrogens with one attached hydrogen (secondary N) is 1. The van der Waals surface area contributed by atoms with Crippen molar-refractivity contribution in [3.8, 4) is 0 Å². The summed E-state index contributed by atoms with van der Waals surface area (Å²) in [5, 5.41) is 12.3. The number of benzene rings is 1. The first-order valence-corrected chi connectivity index (χ1v) is 9.30. The number of ether oxygens (including phenoxy) is 1. The molecular weight excluding hydrogens is 378 g/mol. The summed E-state index contributed by atoms with van der Waals surface area (Å²) < 4.78 is 5.20. The van der Waals surface area contributed by atoms with Crippen LogP contribution in [0.1, 0.15) is 37.6 Å². The Morgan fingerprint density at radius 1 is 1.21 bits per heavy atom. The third-order valence-electron chi connectivity index (χ3n) is 4.36. The lowest BCUT2D eigenvalue weighted by molar-refractivity contribution is -0.148. The molecule has 0 aliphatic carbocycles. The number of likely N-dealkylation sites (tertiary alicyclic amines) is 1. The molecule has 2 N–H and O–H groups in total. The Hall–Kier alpha value is -3.10. The Kier molecular flexibility index (Phi) is 6.84. The van der Waals surface area contributed by atoms with Crippen molar-refractivity contribution in [2.45, 2.75) is 44.9 Å². The normalized spacial score (nSPS) is 18.8. The monoisotopic (exact) mass is 405 g/mol. The summed E-state index contributed by atoms with van der Waals surface area (Å²) in [6.45, 7) is 4.86. The largest absolute Gasteiger partial charge is 0.480 e. The second-order valence-electron chi connectivity index (χ2n) is 8.01. The lowest BCUT2D eigenvalue weighted by Gasteiger charge is -2.27. The van der Waals surface area contributed by atoms with Gasteiger partial charge in [-0.1, -0.05) is 18.2 Å². The van der Waals surface area contributed by atoms with Crippen LogP contribution >= 0.6 is 0 Å². The summed E-state index contributed by atoms with van der Waals surface area (Å²) in [6.07, 6.45) is -0.582. The van der Waals surface area contributed by atoms with Gasteiger partial charge in [-0.05, 0) is 32.9 Å². The van der Waals surface area contributed by atoms with E-state index in [0.29, 0.717) is 5.56 Å². The number of aliphatic carboxylic acids is 1. The van der Waals surface area contributed by atoms with Crippen LogP contribution in [0.3, 0.4) is 0 Å². The zero-order chi connectivity index (χ0) is 21.8. The highest BCUT2D eigenvalue weighted by Gasteiger charge is 2.40. The second kappa shape index (κ2) is 8.93. The van der Waals surface area contributed by atoms with Gasteiger partial charge in [0.2, 0.25) is 5.91 Å². The fraction of sp³-hybridized carbons (Fsp3) is 0.500. The number of carbonyl (C=O) groups excluding carboxylic acids is 3. The van der Waals surface area contributed by atoms with Gasteiger partial charge in [0.15, 0.2) is 0 Å². The van der Waals surface area contributed by atoms with E-state index in [1.54, 1.807) is 51.1 Å². The van der Waals surface area contributed by atoms with Crippen LogP contribution in [0.15, 0.2) is 30.3 Å². The van der Waals surface area contributed by atoms with Crippen molar-refractivity contribution in [1.82, 2.24) is 15.1 Å². The number of likely N-dealkylation sites (N-methyl/N-ethyl adjacent to an activating group) is 1. The molecule has 0 spiro atoms. The average Bonchev–Trinajstić information content (AvgIpc) is 3.05. The standard InChI is InChI=1S/C20H27N3O6/c1-20(2,3)29-19(28)22(4)12-16(24)23-11-14(10-15(23)18(26)27)21-17(25)13-8-6-5-7-9-13/h5-9,14-15H,10-12H2,1-4H3,(H,21,25)(H,26,27)/t14-,15+/m1/s1. The van der Waals surface area contributed by atoms with E-state index >= 15 is 0 Å². The van der Waals surface area contributed by atoms with E-state index < -0.39 is 35.7 Å². The molecule has 9 heteroatoms. The van der Waals surface area contributed by atoms with Gasteiger partial charge < -0.3 is 25.0 Å². The molecule has 0 unspecified atom stereocenters. The molecule has 29 heavy (non-hydrogen) atoms. The average molecular weight is 405 g/mol. The first kappa shape index (κ1) is 22.2. The molecule has 1 fully saturated rings. The van der Waals surface area contributed by atoms with Crippen LogP contribution in [-0.2, 0) is 14.3 Å². The molecule has 0 saturated carbocycles. The van der Waals surface area contributed by atoms with Crippen molar-refractivity contribution in [2.75, 3.05) is 20.1 Å². The molecule has 0 radical (unpaired) electrons. The third kappa shape index (κ3) is 6.20. The van der Waals surface area contributed by atoms with Gasteiger partial charge in [-0.2, -0.15) is 0 Å². The first-order valence-electron chi connectivity index (χ1n) is 9.30. The van der Waals surface area contributed by atoms with Crippen LogP contribution in [0.5, 0.6) is 0 Å². The predicted octanol–water partition coefficient (Wildman–Crippen LogP) is 1.34. The lowest BCUT2D eigenvalue weighted by atomic mass is 10.1. The van der Waals surface area contributed by atoms with Gasteiger partial charge >= 0.3 is 12.1 Å². The minimum absolute atomic E-state index is 0.0521. The van der Waals surface area contributed by atoms with Crippen molar-refractivity contribution < 1.29 is 29.0 Å². The Balaban J connectivity index is 2.01. The van der Waals surface area contributed by atoms with Gasteiger partial charge in [0, 0.05) is 31.6 Å². The number of carboxylic acids is 1. The van der Waals surface area contributed by atoms with Crippen molar-refractivity contribution >= 4 is 23.9 Å². The smallest absolute Gasteiger partial charge is 0.410 e. The molecule has 1 aromatic rings. The molecule has 2 rings (SSSR count). The Morgan fingerprint density at radius 3 is 2.38 bits per heavy atom. The van der Waals surface area contributed by atoms with E-state index in [1.165, 1.54) is 11.9 Å². The topological polar surface area (TPSA) is 116 Å². The van der Waals surface area contributed by atoms with Gasteiger partial charge in [-0.25, -0.2) is 9.59 Å². The van der Waals surface area contributed by atoms with Crippen LogP contribution in [0.25, 0.3) is 0 Å². The van der Waals surface area contributed by atoms with Gasteiger partial charge in [0.1, 0.15) is 18.2 Å². The summed E-state index contributed by atoms with van der Waals surface area (Å²) in [7, 11) is 1.41. The maximum atomic E-state index is 12.6. The van der Waals surface area contributed by atoms with Crippen LogP contribution < -0.4 is 5.32 Å². The minimum atomic E-state index is -1.16. The number of rotatable bonds is 5. The van der Waals surface area contributed by atoms with Crippen LogP contribution in [0, 0.1) is 0 Å². The highest BCUT2D eigenvalue weighted by molar-refractivity contribution is 5.94. The van der Waals surface area contributed by atoms with Crippen LogP contribution in [0.4, 0.5) is 4.79 Å². The molecule has 158 valence electrons. The van der Waals surface area contributed by atoms with E-state index in [2.05, 4.69) is 5.32 Å². The Labute approximate surface area is 169 Å². The fourth-order valence-electron chi connectivity index (χ4n) is 3.01. The van der Waals surface area contributed by atoms with E-state index in [4.69, 9.17) is 4.74 Å². The van der Waals surface area contributed by atoms with E-state index in [0.717, 1.165) is 4.90 Å². The maximum absolute atomic E-state index is 12.6. The van der Waals surface area contributed by atoms with E-state index in [1.807, 2.05) is 0 Å². The lowest BCUT2D eigenvalue weighted by Crippen LogP contribution is -2.47. The molecular formula is C20H27N3O6. The molecule has 1 saturated heterocycles. The Morgan fingerprint density at radius 2 is 1.83 bits per heavy atom. The quantitative estimate of drug-likeness (QED) is 0.764. The molecule has 3 amide bonds.